The smallest absolute Gasteiger partial charge is 0.233 e. The van der Waals surface area contributed by atoms with Gasteiger partial charge < -0.3 is 15.0 Å². The van der Waals surface area contributed by atoms with Crippen molar-refractivity contribution >= 4 is 34.1 Å². The van der Waals surface area contributed by atoms with Gasteiger partial charge in [0.05, 0.1) is 12.4 Å². The Morgan fingerprint density at radius 2 is 2.16 bits per heavy atom. The number of thioether (sulfide) groups is 1. The maximum absolute atomic E-state index is 11.8. The van der Waals surface area contributed by atoms with Crippen molar-refractivity contribution in [2.45, 2.75) is 18.2 Å². The fourth-order valence-corrected chi connectivity index (χ4v) is 3.07. The molecule has 1 aromatic rings. The molecule has 1 amide bonds. The number of ether oxygens (including phenoxy) is 1. The summed E-state index contributed by atoms with van der Waals surface area (Å²) < 4.78 is 5.74. The highest BCUT2D eigenvalue weighted by molar-refractivity contribution is 8.01. The van der Waals surface area contributed by atoms with Crippen LogP contribution in [0.5, 0.6) is 0 Å². The van der Waals surface area contributed by atoms with Gasteiger partial charge in [-0.25, -0.2) is 0 Å². The highest BCUT2D eigenvalue weighted by atomic mass is 32.2. The summed E-state index contributed by atoms with van der Waals surface area (Å²) in [5.41, 5.74) is 0. The molecule has 0 spiro atoms. The monoisotopic (exact) mass is 304 g/mol. The number of nitrogens with one attached hydrogen (secondary N) is 1. The van der Waals surface area contributed by atoms with E-state index >= 15 is 0 Å². The first-order valence-corrected chi connectivity index (χ1v) is 7.98. The summed E-state index contributed by atoms with van der Waals surface area (Å²) in [5.74, 6) is 0.549. The third-order valence-electron chi connectivity index (χ3n) is 2.42. The van der Waals surface area contributed by atoms with E-state index in [4.69, 9.17) is 4.74 Å². The number of amides is 1. The van der Waals surface area contributed by atoms with Crippen molar-refractivity contribution in [1.82, 2.24) is 15.1 Å². The number of hydrogen-bond donors (Lipinski definition) is 1. The van der Waals surface area contributed by atoms with Crippen LogP contribution in [-0.4, -0.2) is 60.1 Å². The number of carbonyl (C=O) groups is 1. The molecule has 0 aliphatic carbocycles. The zero-order valence-electron chi connectivity index (χ0n) is 11.5. The standard InChI is InChI=1S/C11H20N4O2S2/c1-4-15(5-2)9(16)8-18-11-14-13-10(19-11)12-6-7-17-3/h4-8H2,1-3H3,(H,12,13). The van der Waals surface area contributed by atoms with Crippen LogP contribution < -0.4 is 5.32 Å². The van der Waals surface area contributed by atoms with Crippen molar-refractivity contribution in [3.63, 3.8) is 0 Å². The molecule has 108 valence electrons. The molecule has 0 fully saturated rings. The van der Waals surface area contributed by atoms with E-state index in [2.05, 4.69) is 15.5 Å². The molecule has 0 saturated heterocycles. The number of anilines is 1. The Bertz CT molecular complexity index is 383. The molecular formula is C11H20N4O2S2. The maximum Gasteiger partial charge on any atom is 0.233 e. The van der Waals surface area contributed by atoms with E-state index in [0.717, 1.165) is 22.6 Å². The number of carbonyl (C=O) groups excluding carboxylic acids is 1. The quantitative estimate of drug-likeness (QED) is 0.551. The lowest BCUT2D eigenvalue weighted by molar-refractivity contribution is -0.127. The molecule has 1 N–H and O–H groups in total. The zero-order chi connectivity index (χ0) is 14.1. The number of rotatable bonds is 9. The number of aromatic nitrogens is 2. The number of hydrogen-bond acceptors (Lipinski definition) is 7. The molecule has 0 bridgehead atoms. The summed E-state index contributed by atoms with van der Waals surface area (Å²) in [6.07, 6.45) is 0. The summed E-state index contributed by atoms with van der Waals surface area (Å²) in [4.78, 5) is 13.6. The Labute approximate surface area is 121 Å². The summed E-state index contributed by atoms with van der Waals surface area (Å²) in [6.45, 7) is 6.78. The topological polar surface area (TPSA) is 67.4 Å². The van der Waals surface area contributed by atoms with Crippen molar-refractivity contribution in [3.8, 4) is 0 Å². The van der Waals surface area contributed by atoms with E-state index in [1.807, 2.05) is 18.7 Å². The second-order valence-electron chi connectivity index (χ2n) is 3.65. The molecule has 19 heavy (non-hydrogen) atoms. The lowest BCUT2D eigenvalue weighted by atomic mass is 10.5. The van der Waals surface area contributed by atoms with Crippen LogP contribution in [0.2, 0.25) is 0 Å². The van der Waals surface area contributed by atoms with Gasteiger partial charge in [-0.05, 0) is 13.8 Å². The minimum atomic E-state index is 0.138. The molecule has 0 aromatic carbocycles. The Morgan fingerprint density at radius 3 is 2.79 bits per heavy atom. The van der Waals surface area contributed by atoms with Gasteiger partial charge >= 0.3 is 0 Å². The Kier molecular flexibility index (Phi) is 7.76. The largest absolute Gasteiger partial charge is 0.383 e. The molecule has 1 aromatic heterocycles. The lowest BCUT2D eigenvalue weighted by Gasteiger charge is -2.17. The van der Waals surface area contributed by atoms with Gasteiger partial charge in [0, 0.05) is 26.7 Å². The summed E-state index contributed by atoms with van der Waals surface area (Å²) >= 11 is 2.89. The third-order valence-corrected chi connectivity index (χ3v) is 4.42. The van der Waals surface area contributed by atoms with Crippen LogP contribution in [-0.2, 0) is 9.53 Å². The highest BCUT2D eigenvalue weighted by Gasteiger charge is 2.12. The first-order chi connectivity index (χ1) is 9.21. The van der Waals surface area contributed by atoms with Crippen molar-refractivity contribution in [2.24, 2.45) is 0 Å². The van der Waals surface area contributed by atoms with Gasteiger partial charge in [0.2, 0.25) is 11.0 Å². The molecule has 1 rings (SSSR count). The number of methoxy groups -OCH3 is 1. The van der Waals surface area contributed by atoms with Gasteiger partial charge in [0.1, 0.15) is 0 Å². The Hall–Kier alpha value is -0.860. The molecule has 0 saturated carbocycles. The SMILES string of the molecule is CCN(CC)C(=O)CSc1nnc(NCCOC)s1. The summed E-state index contributed by atoms with van der Waals surface area (Å²) in [6, 6.07) is 0. The van der Waals surface area contributed by atoms with Crippen LogP contribution in [0.15, 0.2) is 4.34 Å². The van der Waals surface area contributed by atoms with Gasteiger partial charge in [0.15, 0.2) is 4.34 Å². The summed E-state index contributed by atoms with van der Waals surface area (Å²) in [5, 5.41) is 11.9. The van der Waals surface area contributed by atoms with Gasteiger partial charge in [-0.1, -0.05) is 23.1 Å². The van der Waals surface area contributed by atoms with Gasteiger partial charge in [-0.2, -0.15) is 0 Å². The van der Waals surface area contributed by atoms with E-state index in [1.165, 1.54) is 23.1 Å². The van der Waals surface area contributed by atoms with Crippen LogP contribution in [0.25, 0.3) is 0 Å². The lowest BCUT2D eigenvalue weighted by Crippen LogP contribution is -2.31. The molecule has 0 aliphatic heterocycles. The Balaban J connectivity index is 2.35. The molecule has 0 radical (unpaired) electrons. The minimum Gasteiger partial charge on any atom is -0.383 e. The van der Waals surface area contributed by atoms with Gasteiger partial charge in [-0.15, -0.1) is 10.2 Å². The van der Waals surface area contributed by atoms with Gasteiger partial charge in [0.25, 0.3) is 0 Å². The van der Waals surface area contributed by atoms with Crippen LogP contribution >= 0.6 is 23.1 Å². The predicted molar refractivity (Wildman–Crippen MR) is 78.9 cm³/mol. The molecule has 1 heterocycles. The van der Waals surface area contributed by atoms with Crippen LogP contribution in [0.3, 0.4) is 0 Å². The second kappa shape index (κ2) is 9.11. The molecule has 0 atom stereocenters. The molecule has 0 unspecified atom stereocenters. The van der Waals surface area contributed by atoms with E-state index in [9.17, 15) is 4.79 Å². The zero-order valence-corrected chi connectivity index (χ0v) is 13.1. The Morgan fingerprint density at radius 1 is 1.42 bits per heavy atom. The fourth-order valence-electron chi connectivity index (χ4n) is 1.39. The van der Waals surface area contributed by atoms with Crippen molar-refractivity contribution < 1.29 is 9.53 Å². The fraction of sp³-hybridized carbons (Fsp3) is 0.727. The van der Waals surface area contributed by atoms with Crippen LogP contribution in [0.4, 0.5) is 5.13 Å². The first kappa shape index (κ1) is 16.2. The predicted octanol–water partition coefficient (Wildman–Crippen LogP) is 1.56. The van der Waals surface area contributed by atoms with E-state index in [0.29, 0.717) is 18.9 Å². The second-order valence-corrected chi connectivity index (χ2v) is 5.85. The van der Waals surface area contributed by atoms with E-state index in [1.54, 1.807) is 7.11 Å². The van der Waals surface area contributed by atoms with Crippen LogP contribution in [0, 0.1) is 0 Å². The van der Waals surface area contributed by atoms with Crippen molar-refractivity contribution in [2.75, 3.05) is 44.4 Å². The molecule has 6 nitrogen and oxygen atoms in total. The highest BCUT2D eigenvalue weighted by Crippen LogP contribution is 2.25. The van der Waals surface area contributed by atoms with E-state index in [-0.39, 0.29) is 5.91 Å². The summed E-state index contributed by atoms with van der Waals surface area (Å²) in [7, 11) is 1.65. The average molecular weight is 304 g/mol. The number of nitrogens with zero attached hydrogens (tertiary/aromatic N) is 3. The van der Waals surface area contributed by atoms with Crippen molar-refractivity contribution in [3.05, 3.63) is 0 Å². The molecule has 8 heteroatoms. The molecule has 0 aliphatic rings. The first-order valence-electron chi connectivity index (χ1n) is 6.18. The van der Waals surface area contributed by atoms with E-state index < -0.39 is 0 Å². The minimum absolute atomic E-state index is 0.138. The maximum atomic E-state index is 11.8. The van der Waals surface area contributed by atoms with Gasteiger partial charge in [-0.3, -0.25) is 4.79 Å². The average Bonchev–Trinajstić information content (AvgIpc) is 2.86. The normalized spacial score (nSPS) is 10.5. The third kappa shape index (κ3) is 5.75. The van der Waals surface area contributed by atoms with Crippen molar-refractivity contribution in [1.29, 1.82) is 0 Å². The molecular weight excluding hydrogens is 284 g/mol. The van der Waals surface area contributed by atoms with Crippen LogP contribution in [0.1, 0.15) is 13.8 Å².